The molecule has 1 heterocycles. The van der Waals surface area contributed by atoms with Crippen molar-refractivity contribution in [3.63, 3.8) is 0 Å². The van der Waals surface area contributed by atoms with E-state index in [1.807, 2.05) is 6.07 Å². The Morgan fingerprint density at radius 3 is 2.63 bits per heavy atom. The molecule has 1 aromatic rings. The standard InChI is InChI=1S/C14H19BrClFN2/c15-4-7-18-5-1-6-19(9-8-18)11-12-2-3-13(16)14(17)10-12/h2-3,10H,1,4-9,11H2. The Kier molecular flexibility index (Phi) is 6.07. The molecule has 1 aliphatic rings. The Morgan fingerprint density at radius 1 is 1.16 bits per heavy atom. The van der Waals surface area contributed by atoms with Crippen LogP contribution in [0.15, 0.2) is 18.2 Å². The number of halogens is 3. The minimum Gasteiger partial charge on any atom is -0.301 e. The fourth-order valence-corrected chi connectivity index (χ4v) is 3.04. The normalized spacial score (nSPS) is 18.5. The summed E-state index contributed by atoms with van der Waals surface area (Å²) in [7, 11) is 0. The fraction of sp³-hybridized carbons (Fsp3) is 0.571. The molecule has 0 bridgehead atoms. The summed E-state index contributed by atoms with van der Waals surface area (Å²) in [6.45, 7) is 6.25. The van der Waals surface area contributed by atoms with Crippen LogP contribution in [0.4, 0.5) is 4.39 Å². The molecule has 0 atom stereocenters. The molecule has 0 aromatic heterocycles. The fourth-order valence-electron chi connectivity index (χ4n) is 2.42. The van der Waals surface area contributed by atoms with Crippen molar-refractivity contribution >= 4 is 27.5 Å². The van der Waals surface area contributed by atoms with Crippen molar-refractivity contribution < 1.29 is 4.39 Å². The zero-order valence-electron chi connectivity index (χ0n) is 10.9. The maximum atomic E-state index is 13.4. The van der Waals surface area contributed by atoms with E-state index >= 15 is 0 Å². The summed E-state index contributed by atoms with van der Waals surface area (Å²) >= 11 is 9.19. The van der Waals surface area contributed by atoms with Crippen LogP contribution in [0.3, 0.4) is 0 Å². The number of rotatable bonds is 4. The van der Waals surface area contributed by atoms with Gasteiger partial charge in [0.1, 0.15) is 5.82 Å². The van der Waals surface area contributed by atoms with E-state index in [1.165, 1.54) is 6.42 Å². The summed E-state index contributed by atoms with van der Waals surface area (Å²) in [4.78, 5) is 4.86. The Balaban J connectivity index is 1.90. The van der Waals surface area contributed by atoms with Crippen molar-refractivity contribution in [3.05, 3.63) is 34.6 Å². The third kappa shape index (κ3) is 4.71. The smallest absolute Gasteiger partial charge is 0.142 e. The molecule has 1 aliphatic heterocycles. The summed E-state index contributed by atoms with van der Waals surface area (Å²) in [6.07, 6.45) is 1.17. The van der Waals surface area contributed by atoms with E-state index < -0.39 is 0 Å². The van der Waals surface area contributed by atoms with Crippen molar-refractivity contribution in [2.75, 3.05) is 38.1 Å². The predicted octanol–water partition coefficient (Wildman–Crippen LogP) is 3.38. The Morgan fingerprint density at radius 2 is 1.89 bits per heavy atom. The van der Waals surface area contributed by atoms with Crippen molar-refractivity contribution in [3.8, 4) is 0 Å². The van der Waals surface area contributed by atoms with Gasteiger partial charge in [0.2, 0.25) is 0 Å². The van der Waals surface area contributed by atoms with Crippen LogP contribution >= 0.6 is 27.5 Å². The molecule has 1 aromatic carbocycles. The molecule has 1 fully saturated rings. The quantitative estimate of drug-likeness (QED) is 0.769. The lowest BCUT2D eigenvalue weighted by Gasteiger charge is -2.21. The largest absolute Gasteiger partial charge is 0.301 e. The lowest BCUT2D eigenvalue weighted by Crippen LogP contribution is -2.31. The minimum absolute atomic E-state index is 0.197. The first-order valence-corrected chi connectivity index (χ1v) is 8.13. The van der Waals surface area contributed by atoms with Gasteiger partial charge in [-0.3, -0.25) is 4.90 Å². The third-order valence-electron chi connectivity index (χ3n) is 3.47. The average Bonchev–Trinajstić information content (AvgIpc) is 2.60. The van der Waals surface area contributed by atoms with Gasteiger partial charge in [-0.15, -0.1) is 0 Å². The number of hydrogen-bond acceptors (Lipinski definition) is 2. The highest BCUT2D eigenvalue weighted by Crippen LogP contribution is 2.17. The highest BCUT2D eigenvalue weighted by Gasteiger charge is 2.14. The van der Waals surface area contributed by atoms with Gasteiger partial charge in [-0.05, 0) is 37.2 Å². The van der Waals surface area contributed by atoms with E-state index in [4.69, 9.17) is 11.6 Å². The molecule has 0 aliphatic carbocycles. The van der Waals surface area contributed by atoms with E-state index in [9.17, 15) is 4.39 Å². The van der Waals surface area contributed by atoms with Gasteiger partial charge in [0.25, 0.3) is 0 Å². The second-order valence-electron chi connectivity index (χ2n) is 4.91. The van der Waals surface area contributed by atoms with Crippen molar-refractivity contribution in [1.82, 2.24) is 9.80 Å². The molecule has 0 N–H and O–H groups in total. The van der Waals surface area contributed by atoms with Crippen LogP contribution in [-0.2, 0) is 6.54 Å². The zero-order valence-corrected chi connectivity index (χ0v) is 13.3. The van der Waals surface area contributed by atoms with Crippen molar-refractivity contribution in [2.45, 2.75) is 13.0 Å². The van der Waals surface area contributed by atoms with Crippen LogP contribution in [0.1, 0.15) is 12.0 Å². The highest BCUT2D eigenvalue weighted by atomic mass is 79.9. The predicted molar refractivity (Wildman–Crippen MR) is 81.5 cm³/mol. The molecule has 2 rings (SSSR count). The van der Waals surface area contributed by atoms with Crippen molar-refractivity contribution in [1.29, 1.82) is 0 Å². The van der Waals surface area contributed by atoms with Gasteiger partial charge < -0.3 is 4.90 Å². The third-order valence-corrected chi connectivity index (χ3v) is 4.13. The second kappa shape index (κ2) is 7.58. The molecule has 0 unspecified atom stereocenters. The molecule has 0 saturated carbocycles. The first kappa shape index (κ1) is 15.2. The van der Waals surface area contributed by atoms with E-state index in [0.29, 0.717) is 0 Å². The molecular formula is C14H19BrClFN2. The molecule has 5 heteroatoms. The summed E-state index contributed by atoms with van der Waals surface area (Å²) in [6, 6.07) is 5.09. The van der Waals surface area contributed by atoms with E-state index in [-0.39, 0.29) is 10.8 Å². The molecular weight excluding hydrogens is 331 g/mol. The van der Waals surface area contributed by atoms with E-state index in [1.54, 1.807) is 12.1 Å². The Labute approximate surface area is 127 Å². The maximum absolute atomic E-state index is 13.4. The van der Waals surface area contributed by atoms with Gasteiger partial charge in [0, 0.05) is 31.5 Å². The van der Waals surface area contributed by atoms with E-state index in [2.05, 4.69) is 25.7 Å². The van der Waals surface area contributed by atoms with Crippen LogP contribution in [0.25, 0.3) is 0 Å². The Hall–Kier alpha value is -0.160. The van der Waals surface area contributed by atoms with Crippen LogP contribution in [0.5, 0.6) is 0 Å². The molecule has 1 saturated heterocycles. The molecule has 0 spiro atoms. The first-order valence-electron chi connectivity index (χ1n) is 6.63. The van der Waals surface area contributed by atoms with Gasteiger partial charge in [0.15, 0.2) is 0 Å². The zero-order chi connectivity index (χ0) is 13.7. The SMILES string of the molecule is Fc1cc(CN2CCCN(CCBr)CC2)ccc1Cl. The number of alkyl halides is 1. The van der Waals surface area contributed by atoms with Crippen molar-refractivity contribution in [2.24, 2.45) is 0 Å². The second-order valence-corrected chi connectivity index (χ2v) is 6.11. The monoisotopic (exact) mass is 348 g/mol. The number of benzene rings is 1. The van der Waals surface area contributed by atoms with Gasteiger partial charge in [-0.1, -0.05) is 33.6 Å². The van der Waals surface area contributed by atoms with Gasteiger partial charge >= 0.3 is 0 Å². The number of hydrogen-bond donors (Lipinski definition) is 0. The van der Waals surface area contributed by atoms with Crippen LogP contribution in [0, 0.1) is 5.82 Å². The first-order chi connectivity index (χ1) is 9.19. The molecule has 2 nitrogen and oxygen atoms in total. The molecule has 0 amide bonds. The topological polar surface area (TPSA) is 6.48 Å². The van der Waals surface area contributed by atoms with Gasteiger partial charge in [-0.25, -0.2) is 4.39 Å². The Bertz CT molecular complexity index is 416. The van der Waals surface area contributed by atoms with Crippen LogP contribution in [-0.4, -0.2) is 47.9 Å². The summed E-state index contributed by atoms with van der Waals surface area (Å²) in [5.41, 5.74) is 0.996. The van der Waals surface area contributed by atoms with Gasteiger partial charge in [0.05, 0.1) is 5.02 Å². The molecule has 19 heavy (non-hydrogen) atoms. The summed E-state index contributed by atoms with van der Waals surface area (Å²) in [5, 5.41) is 1.22. The maximum Gasteiger partial charge on any atom is 0.142 e. The minimum atomic E-state index is -0.324. The summed E-state index contributed by atoms with van der Waals surface area (Å²) in [5.74, 6) is -0.324. The van der Waals surface area contributed by atoms with E-state index in [0.717, 1.165) is 50.2 Å². The van der Waals surface area contributed by atoms with Crippen LogP contribution in [0.2, 0.25) is 5.02 Å². The average molecular weight is 350 g/mol. The summed E-state index contributed by atoms with van der Waals surface area (Å²) < 4.78 is 13.4. The van der Waals surface area contributed by atoms with Gasteiger partial charge in [-0.2, -0.15) is 0 Å². The number of nitrogens with zero attached hydrogens (tertiary/aromatic N) is 2. The van der Waals surface area contributed by atoms with Crippen LogP contribution < -0.4 is 0 Å². The molecule has 0 radical (unpaired) electrons. The lowest BCUT2D eigenvalue weighted by molar-refractivity contribution is 0.258. The molecule has 106 valence electrons. The lowest BCUT2D eigenvalue weighted by atomic mass is 10.2. The highest BCUT2D eigenvalue weighted by molar-refractivity contribution is 9.09.